The Kier molecular flexibility index (Phi) is 6.11. The van der Waals surface area contributed by atoms with Gasteiger partial charge in [0, 0.05) is 51.6 Å². The highest BCUT2D eigenvalue weighted by Gasteiger charge is 2.29. The number of amides is 1. The number of hydrogen-bond acceptors (Lipinski definition) is 5. The number of piperidine rings is 1. The summed E-state index contributed by atoms with van der Waals surface area (Å²) in [5, 5.41) is 0. The van der Waals surface area contributed by atoms with Crippen LogP contribution >= 0.6 is 0 Å². The number of aromatic nitrogens is 2. The van der Waals surface area contributed by atoms with Crippen molar-refractivity contribution in [3.63, 3.8) is 0 Å². The molecule has 0 N–H and O–H groups in total. The van der Waals surface area contributed by atoms with Crippen LogP contribution in [0.5, 0.6) is 0 Å². The molecular formula is C19H28N4O3. The topological polar surface area (TPSA) is 63.7 Å². The van der Waals surface area contributed by atoms with Crippen LogP contribution in [0.1, 0.15) is 40.9 Å². The van der Waals surface area contributed by atoms with E-state index in [1.807, 2.05) is 17.3 Å². The third-order valence-corrected chi connectivity index (χ3v) is 4.77. The summed E-state index contributed by atoms with van der Waals surface area (Å²) in [4.78, 5) is 21.4. The van der Waals surface area contributed by atoms with Crippen LogP contribution in [0.2, 0.25) is 0 Å². The highest BCUT2D eigenvalue weighted by molar-refractivity contribution is 5.91. The Balaban J connectivity index is 1.67. The van der Waals surface area contributed by atoms with E-state index in [1.165, 1.54) is 0 Å². The highest BCUT2D eigenvalue weighted by Crippen LogP contribution is 2.27. The molecule has 142 valence electrons. The summed E-state index contributed by atoms with van der Waals surface area (Å²) >= 11 is 0. The lowest BCUT2D eigenvalue weighted by molar-refractivity contribution is 0.0663. The largest absolute Gasteiger partial charge is 0.453 e. The van der Waals surface area contributed by atoms with Crippen molar-refractivity contribution in [1.29, 1.82) is 0 Å². The van der Waals surface area contributed by atoms with Crippen LogP contribution in [0.4, 0.5) is 0 Å². The Morgan fingerprint density at radius 1 is 1.42 bits per heavy atom. The van der Waals surface area contributed by atoms with Gasteiger partial charge in [0.15, 0.2) is 5.76 Å². The first-order chi connectivity index (χ1) is 12.6. The minimum absolute atomic E-state index is 0.0524. The number of imidazole rings is 1. The van der Waals surface area contributed by atoms with Gasteiger partial charge in [0.2, 0.25) is 0 Å². The Hall–Kier alpha value is -2.12. The zero-order valence-electron chi connectivity index (χ0n) is 15.9. The number of hydrogen-bond donors (Lipinski definition) is 0. The summed E-state index contributed by atoms with van der Waals surface area (Å²) in [6.07, 6.45) is 5.91. The average molecular weight is 360 g/mol. The SMILES string of the molecule is COCc1ccc(C(=O)N2CCCC(c3nccn3CCN(C)C)C2)o1. The van der Waals surface area contributed by atoms with Crippen molar-refractivity contribution in [3.8, 4) is 0 Å². The van der Waals surface area contributed by atoms with Gasteiger partial charge in [-0.2, -0.15) is 0 Å². The molecule has 0 spiro atoms. The summed E-state index contributed by atoms with van der Waals surface area (Å²) in [5.74, 6) is 2.34. The van der Waals surface area contributed by atoms with Crippen molar-refractivity contribution in [1.82, 2.24) is 19.4 Å². The maximum absolute atomic E-state index is 12.8. The summed E-state index contributed by atoms with van der Waals surface area (Å²) in [6, 6.07) is 3.53. The van der Waals surface area contributed by atoms with E-state index in [2.05, 4.69) is 28.5 Å². The van der Waals surface area contributed by atoms with Crippen LogP contribution in [0.3, 0.4) is 0 Å². The molecule has 1 amide bonds. The molecule has 0 saturated carbocycles. The van der Waals surface area contributed by atoms with Crippen molar-refractivity contribution in [2.45, 2.75) is 31.9 Å². The Bertz CT molecular complexity index is 722. The molecular weight excluding hydrogens is 332 g/mol. The van der Waals surface area contributed by atoms with Crippen LogP contribution in [-0.4, -0.2) is 66.1 Å². The molecule has 0 bridgehead atoms. The number of likely N-dealkylation sites (N-methyl/N-ethyl adjacent to an activating group) is 1. The van der Waals surface area contributed by atoms with E-state index < -0.39 is 0 Å². The smallest absolute Gasteiger partial charge is 0.289 e. The first kappa shape index (κ1) is 18.7. The summed E-state index contributed by atoms with van der Waals surface area (Å²) < 4.78 is 12.9. The monoisotopic (exact) mass is 360 g/mol. The van der Waals surface area contributed by atoms with Crippen LogP contribution in [0, 0.1) is 0 Å². The Labute approximate surface area is 154 Å². The maximum atomic E-state index is 12.8. The van der Waals surface area contributed by atoms with Gasteiger partial charge in [-0.3, -0.25) is 4.79 Å². The standard InChI is InChI=1S/C19H28N4O3/c1-21(2)11-12-22-10-8-20-18(22)15-5-4-9-23(13-15)19(24)17-7-6-16(26-17)14-25-3/h6-8,10,15H,4-5,9,11-14H2,1-3H3. The predicted octanol–water partition coefficient (Wildman–Crippen LogP) is 2.20. The number of ether oxygens (including phenoxy) is 1. The third-order valence-electron chi connectivity index (χ3n) is 4.77. The number of furan rings is 1. The van der Waals surface area contributed by atoms with Gasteiger partial charge < -0.3 is 23.5 Å². The summed E-state index contributed by atoms with van der Waals surface area (Å²) in [7, 11) is 5.75. The van der Waals surface area contributed by atoms with Gasteiger partial charge in [-0.05, 0) is 39.1 Å². The van der Waals surface area contributed by atoms with Crippen molar-refractivity contribution in [3.05, 3.63) is 41.9 Å². The fraction of sp³-hybridized carbons (Fsp3) is 0.579. The molecule has 0 radical (unpaired) electrons. The molecule has 7 heteroatoms. The van der Waals surface area contributed by atoms with Crippen LogP contribution in [0.25, 0.3) is 0 Å². The van der Waals surface area contributed by atoms with Gasteiger partial charge in [0.25, 0.3) is 5.91 Å². The second kappa shape index (κ2) is 8.51. The Morgan fingerprint density at radius 3 is 3.04 bits per heavy atom. The van der Waals surface area contributed by atoms with Crippen molar-refractivity contribution < 1.29 is 13.9 Å². The van der Waals surface area contributed by atoms with Gasteiger partial charge >= 0.3 is 0 Å². The maximum Gasteiger partial charge on any atom is 0.289 e. The minimum Gasteiger partial charge on any atom is -0.453 e. The fourth-order valence-electron chi connectivity index (χ4n) is 3.42. The molecule has 26 heavy (non-hydrogen) atoms. The molecule has 1 saturated heterocycles. The van der Waals surface area contributed by atoms with Gasteiger partial charge in [-0.15, -0.1) is 0 Å². The molecule has 3 rings (SSSR count). The van der Waals surface area contributed by atoms with E-state index in [1.54, 1.807) is 19.2 Å². The van der Waals surface area contributed by atoms with Gasteiger partial charge in [-0.25, -0.2) is 4.98 Å². The van der Waals surface area contributed by atoms with E-state index in [0.717, 1.165) is 38.3 Å². The normalized spacial score (nSPS) is 17.8. The van der Waals surface area contributed by atoms with E-state index in [9.17, 15) is 4.79 Å². The summed E-state index contributed by atoms with van der Waals surface area (Å²) in [6.45, 7) is 3.68. The fourth-order valence-corrected chi connectivity index (χ4v) is 3.42. The molecule has 7 nitrogen and oxygen atoms in total. The molecule has 2 aromatic heterocycles. The van der Waals surface area contributed by atoms with E-state index >= 15 is 0 Å². The van der Waals surface area contributed by atoms with Crippen LogP contribution in [0.15, 0.2) is 28.9 Å². The number of rotatable bonds is 7. The first-order valence-corrected chi connectivity index (χ1v) is 9.11. The molecule has 0 aromatic carbocycles. The molecule has 1 aliphatic heterocycles. The number of carbonyl (C=O) groups is 1. The van der Waals surface area contributed by atoms with E-state index in [4.69, 9.17) is 9.15 Å². The van der Waals surface area contributed by atoms with E-state index in [-0.39, 0.29) is 11.8 Å². The molecule has 3 heterocycles. The third kappa shape index (κ3) is 4.34. The average Bonchev–Trinajstić information content (AvgIpc) is 3.29. The second-order valence-electron chi connectivity index (χ2n) is 7.07. The second-order valence-corrected chi connectivity index (χ2v) is 7.07. The molecule has 1 atom stereocenters. The molecule has 2 aromatic rings. The quantitative estimate of drug-likeness (QED) is 0.757. The van der Waals surface area contributed by atoms with Crippen LogP contribution in [-0.2, 0) is 17.9 Å². The zero-order chi connectivity index (χ0) is 18.5. The van der Waals surface area contributed by atoms with Crippen molar-refractivity contribution in [2.75, 3.05) is 40.8 Å². The van der Waals surface area contributed by atoms with E-state index in [0.29, 0.717) is 24.7 Å². The van der Waals surface area contributed by atoms with Gasteiger partial charge in [-0.1, -0.05) is 0 Å². The molecule has 1 unspecified atom stereocenters. The lowest BCUT2D eigenvalue weighted by Crippen LogP contribution is -2.39. The lowest BCUT2D eigenvalue weighted by Gasteiger charge is -2.32. The number of methoxy groups -OCH3 is 1. The molecule has 0 aliphatic carbocycles. The van der Waals surface area contributed by atoms with Crippen molar-refractivity contribution >= 4 is 5.91 Å². The van der Waals surface area contributed by atoms with Crippen molar-refractivity contribution in [2.24, 2.45) is 0 Å². The highest BCUT2D eigenvalue weighted by atomic mass is 16.5. The van der Waals surface area contributed by atoms with Gasteiger partial charge in [0.1, 0.15) is 18.2 Å². The Morgan fingerprint density at radius 2 is 2.27 bits per heavy atom. The summed E-state index contributed by atoms with van der Waals surface area (Å²) in [5.41, 5.74) is 0. The minimum atomic E-state index is -0.0524. The first-order valence-electron chi connectivity index (χ1n) is 9.11. The molecule has 1 aliphatic rings. The number of nitrogens with zero attached hydrogens (tertiary/aromatic N) is 4. The number of likely N-dealkylation sites (tertiary alicyclic amines) is 1. The van der Waals surface area contributed by atoms with Crippen LogP contribution < -0.4 is 0 Å². The zero-order valence-corrected chi connectivity index (χ0v) is 15.9. The van der Waals surface area contributed by atoms with Gasteiger partial charge in [0.05, 0.1) is 0 Å². The predicted molar refractivity (Wildman–Crippen MR) is 98.1 cm³/mol. The lowest BCUT2D eigenvalue weighted by atomic mass is 9.97. The number of carbonyl (C=O) groups excluding carboxylic acids is 1. The molecule has 1 fully saturated rings.